The number of aromatic nitrogens is 2. The van der Waals surface area contributed by atoms with E-state index in [0.717, 1.165) is 3.57 Å². The average Bonchev–Trinajstić information content (AvgIpc) is 2.47. The van der Waals surface area contributed by atoms with Crippen molar-refractivity contribution in [3.63, 3.8) is 0 Å². The maximum Gasteiger partial charge on any atom is 0.259 e. The van der Waals surface area contributed by atoms with Gasteiger partial charge in [-0.2, -0.15) is 0 Å². The third-order valence-corrected chi connectivity index (χ3v) is 4.68. The van der Waals surface area contributed by atoms with Gasteiger partial charge in [0.25, 0.3) is 5.56 Å². The van der Waals surface area contributed by atoms with Crippen LogP contribution in [-0.4, -0.2) is 9.97 Å². The molecule has 3 aromatic rings. The van der Waals surface area contributed by atoms with Gasteiger partial charge >= 0.3 is 0 Å². The number of halogens is 3. The van der Waals surface area contributed by atoms with Gasteiger partial charge in [0.15, 0.2) is 0 Å². The van der Waals surface area contributed by atoms with Crippen LogP contribution in [0.15, 0.2) is 41.2 Å². The monoisotopic (exact) mass is 458 g/mol. The van der Waals surface area contributed by atoms with Crippen LogP contribution in [0.2, 0.25) is 0 Å². The van der Waals surface area contributed by atoms with Crippen LogP contribution in [0.25, 0.3) is 22.3 Å². The predicted molar refractivity (Wildman–Crippen MR) is 93.1 cm³/mol. The summed E-state index contributed by atoms with van der Waals surface area (Å²) in [5, 5.41) is 0.965. The number of para-hydroxylation sites is 1. The van der Waals surface area contributed by atoms with E-state index in [2.05, 4.69) is 48.5 Å². The van der Waals surface area contributed by atoms with Crippen LogP contribution >= 0.6 is 38.5 Å². The van der Waals surface area contributed by atoms with Gasteiger partial charge in [0.1, 0.15) is 11.6 Å². The molecule has 3 rings (SSSR count). The Balaban J connectivity index is 2.23. The molecular formula is C15H9BrFIN2O. The molecule has 0 saturated carbocycles. The molecule has 0 saturated heterocycles. The van der Waals surface area contributed by atoms with Crippen molar-refractivity contribution >= 4 is 49.4 Å². The summed E-state index contributed by atoms with van der Waals surface area (Å²) >= 11 is 5.34. The molecule has 2 aromatic carbocycles. The van der Waals surface area contributed by atoms with Gasteiger partial charge in [0.2, 0.25) is 0 Å². The van der Waals surface area contributed by atoms with Crippen molar-refractivity contribution < 1.29 is 4.39 Å². The van der Waals surface area contributed by atoms with Crippen molar-refractivity contribution in [1.82, 2.24) is 9.97 Å². The van der Waals surface area contributed by atoms with E-state index in [1.807, 2.05) is 12.1 Å². The number of nitrogens with zero attached hydrogens (tertiary/aromatic N) is 1. The minimum Gasteiger partial charge on any atom is -0.306 e. The third kappa shape index (κ3) is 2.74. The van der Waals surface area contributed by atoms with Gasteiger partial charge in [-0.05, 0) is 46.9 Å². The standard InChI is InChI=1S/C15H9BrFIN2O/c16-7-10-11(17)5-8(6-12(10)18)14-19-13-4-2-1-3-9(13)15(21)20-14/h1-6H,7H2,(H,19,20,21). The Labute approximate surface area is 141 Å². The molecule has 1 aromatic heterocycles. The van der Waals surface area contributed by atoms with Crippen molar-refractivity contribution in [2.75, 3.05) is 0 Å². The summed E-state index contributed by atoms with van der Waals surface area (Å²) in [7, 11) is 0. The van der Waals surface area contributed by atoms with Gasteiger partial charge < -0.3 is 4.98 Å². The van der Waals surface area contributed by atoms with E-state index in [1.54, 1.807) is 18.2 Å². The molecule has 0 atom stereocenters. The van der Waals surface area contributed by atoms with Crippen molar-refractivity contribution in [2.45, 2.75) is 5.33 Å². The fourth-order valence-electron chi connectivity index (χ4n) is 2.09. The van der Waals surface area contributed by atoms with E-state index >= 15 is 0 Å². The number of benzene rings is 2. The second-order valence-electron chi connectivity index (χ2n) is 4.48. The predicted octanol–water partition coefficient (Wildman–Crippen LogP) is 4.23. The molecule has 0 spiro atoms. The highest BCUT2D eigenvalue weighted by Crippen LogP contribution is 2.25. The summed E-state index contributed by atoms with van der Waals surface area (Å²) in [6.07, 6.45) is 0. The van der Waals surface area contributed by atoms with Crippen LogP contribution in [0.5, 0.6) is 0 Å². The van der Waals surface area contributed by atoms with Crippen molar-refractivity contribution in [3.8, 4) is 11.4 Å². The van der Waals surface area contributed by atoms with Gasteiger partial charge in [0.05, 0.1) is 10.9 Å². The lowest BCUT2D eigenvalue weighted by Gasteiger charge is -2.07. The first-order chi connectivity index (χ1) is 10.1. The highest BCUT2D eigenvalue weighted by atomic mass is 127. The molecule has 0 amide bonds. The highest BCUT2D eigenvalue weighted by molar-refractivity contribution is 14.1. The lowest BCUT2D eigenvalue weighted by Crippen LogP contribution is -2.09. The van der Waals surface area contributed by atoms with Crippen molar-refractivity contribution in [1.29, 1.82) is 0 Å². The molecule has 0 unspecified atom stereocenters. The number of alkyl halides is 1. The lowest BCUT2D eigenvalue weighted by molar-refractivity contribution is 0.616. The van der Waals surface area contributed by atoms with Gasteiger partial charge in [-0.1, -0.05) is 28.1 Å². The first kappa shape index (κ1) is 14.6. The summed E-state index contributed by atoms with van der Waals surface area (Å²) in [5.41, 5.74) is 1.53. The molecule has 0 radical (unpaired) electrons. The number of rotatable bonds is 2. The number of nitrogens with one attached hydrogen (secondary N) is 1. The number of hydrogen-bond donors (Lipinski definition) is 1. The minimum atomic E-state index is -0.315. The number of fused-ring (bicyclic) bond motifs is 1. The van der Waals surface area contributed by atoms with Gasteiger partial charge in [0, 0.05) is 20.0 Å². The summed E-state index contributed by atoms with van der Waals surface area (Å²) in [5.74, 6) is 0.0567. The second kappa shape index (κ2) is 5.84. The molecule has 1 N–H and O–H groups in total. The Bertz CT molecular complexity index is 871. The number of aromatic amines is 1. The molecule has 6 heteroatoms. The van der Waals surface area contributed by atoms with Crippen molar-refractivity contribution in [3.05, 3.63) is 61.7 Å². The molecule has 3 nitrogen and oxygen atoms in total. The van der Waals surface area contributed by atoms with Crippen LogP contribution in [0.1, 0.15) is 5.56 Å². The van der Waals surface area contributed by atoms with Gasteiger partial charge in [-0.3, -0.25) is 4.79 Å². The summed E-state index contributed by atoms with van der Waals surface area (Å²) in [6, 6.07) is 10.3. The van der Waals surface area contributed by atoms with Crippen LogP contribution in [0, 0.1) is 9.39 Å². The first-order valence-electron chi connectivity index (χ1n) is 6.13. The maximum absolute atomic E-state index is 14.1. The summed E-state index contributed by atoms with van der Waals surface area (Å²) in [4.78, 5) is 19.2. The van der Waals surface area contributed by atoms with Crippen LogP contribution in [0.3, 0.4) is 0 Å². The quantitative estimate of drug-likeness (QED) is 0.461. The van der Waals surface area contributed by atoms with E-state index in [9.17, 15) is 9.18 Å². The van der Waals surface area contributed by atoms with Gasteiger partial charge in [-0.25, -0.2) is 9.37 Å². The van der Waals surface area contributed by atoms with Crippen LogP contribution < -0.4 is 5.56 Å². The van der Waals surface area contributed by atoms with E-state index in [4.69, 9.17) is 0 Å². The molecule has 0 aliphatic carbocycles. The van der Waals surface area contributed by atoms with E-state index in [-0.39, 0.29) is 11.4 Å². The Morgan fingerprint density at radius 2 is 2.05 bits per heavy atom. The number of hydrogen-bond acceptors (Lipinski definition) is 2. The molecule has 0 aliphatic rings. The SMILES string of the molecule is O=c1[nH]c(-c2cc(F)c(CBr)c(I)c2)nc2ccccc12. The molecule has 1 heterocycles. The average molecular weight is 459 g/mol. The maximum atomic E-state index is 14.1. The molecule has 0 fully saturated rings. The Hall–Kier alpha value is -1.28. The van der Waals surface area contributed by atoms with E-state index in [0.29, 0.717) is 33.2 Å². The number of H-pyrrole nitrogens is 1. The molecule has 106 valence electrons. The smallest absolute Gasteiger partial charge is 0.259 e. The van der Waals surface area contributed by atoms with E-state index < -0.39 is 0 Å². The molecule has 0 bridgehead atoms. The minimum absolute atomic E-state index is 0.226. The zero-order chi connectivity index (χ0) is 15.0. The molecule has 0 aliphatic heterocycles. The van der Waals surface area contributed by atoms with Crippen LogP contribution in [0.4, 0.5) is 4.39 Å². The van der Waals surface area contributed by atoms with Gasteiger partial charge in [-0.15, -0.1) is 0 Å². The lowest BCUT2D eigenvalue weighted by atomic mass is 10.1. The Morgan fingerprint density at radius 3 is 2.76 bits per heavy atom. The van der Waals surface area contributed by atoms with Crippen LogP contribution in [-0.2, 0) is 5.33 Å². The fourth-order valence-corrected chi connectivity index (χ4v) is 3.97. The Morgan fingerprint density at radius 1 is 1.29 bits per heavy atom. The molecular weight excluding hydrogens is 450 g/mol. The largest absolute Gasteiger partial charge is 0.306 e. The topological polar surface area (TPSA) is 45.8 Å². The summed E-state index contributed by atoms with van der Waals surface area (Å²) in [6.45, 7) is 0. The highest BCUT2D eigenvalue weighted by Gasteiger charge is 2.12. The summed E-state index contributed by atoms with van der Waals surface area (Å²) < 4.78 is 14.8. The fraction of sp³-hybridized carbons (Fsp3) is 0.0667. The Kier molecular flexibility index (Phi) is 4.08. The molecule has 21 heavy (non-hydrogen) atoms. The first-order valence-corrected chi connectivity index (χ1v) is 8.33. The second-order valence-corrected chi connectivity index (χ2v) is 6.21. The third-order valence-electron chi connectivity index (χ3n) is 3.16. The van der Waals surface area contributed by atoms with E-state index in [1.165, 1.54) is 6.07 Å². The van der Waals surface area contributed by atoms with Crippen molar-refractivity contribution in [2.24, 2.45) is 0 Å². The zero-order valence-electron chi connectivity index (χ0n) is 10.7. The normalized spacial score (nSPS) is 11.0. The zero-order valence-corrected chi connectivity index (χ0v) is 14.4.